The number of H-pyrrole nitrogens is 1. The Morgan fingerprint density at radius 2 is 2.15 bits per heavy atom. The molecule has 1 rings (SSSR count). The molecule has 1 aromatic heterocycles. The third-order valence-electron chi connectivity index (χ3n) is 1.99. The number of aromatic amines is 1. The summed E-state index contributed by atoms with van der Waals surface area (Å²) in [5.41, 5.74) is 6.74. The fraction of sp³-hybridized carbons (Fsp3) is 0.700. The Hall–Kier alpha value is -0.830. The van der Waals surface area contributed by atoms with Crippen molar-refractivity contribution in [2.24, 2.45) is 5.73 Å². The van der Waals surface area contributed by atoms with E-state index in [1.807, 2.05) is 6.20 Å². The first kappa shape index (κ1) is 10.3. The molecule has 0 saturated carbocycles. The van der Waals surface area contributed by atoms with Gasteiger partial charge in [0.25, 0.3) is 0 Å². The molecule has 0 spiro atoms. The van der Waals surface area contributed by atoms with Crippen LogP contribution in [0.25, 0.3) is 0 Å². The molecule has 74 valence electrons. The molecule has 0 aromatic carbocycles. The van der Waals surface area contributed by atoms with Gasteiger partial charge in [-0.1, -0.05) is 20.8 Å². The van der Waals surface area contributed by atoms with Crippen molar-refractivity contribution in [2.45, 2.75) is 39.0 Å². The predicted molar refractivity (Wildman–Crippen MR) is 54.7 cm³/mol. The third-order valence-corrected chi connectivity index (χ3v) is 1.99. The Kier molecular flexibility index (Phi) is 3.09. The Morgan fingerprint density at radius 1 is 1.46 bits per heavy atom. The van der Waals surface area contributed by atoms with Crippen LogP contribution >= 0.6 is 0 Å². The molecule has 3 N–H and O–H groups in total. The van der Waals surface area contributed by atoms with E-state index in [4.69, 9.17) is 5.73 Å². The van der Waals surface area contributed by atoms with Gasteiger partial charge in [-0.25, -0.2) is 4.98 Å². The van der Waals surface area contributed by atoms with Crippen LogP contribution in [0, 0.1) is 0 Å². The van der Waals surface area contributed by atoms with E-state index in [0.717, 1.165) is 25.2 Å². The second kappa shape index (κ2) is 3.92. The normalized spacial score (nSPS) is 12.0. The van der Waals surface area contributed by atoms with Gasteiger partial charge in [0, 0.05) is 17.3 Å². The molecular formula is C10H19N3. The SMILES string of the molecule is CC(C)(C)c1ncc(CCCN)[nH]1. The minimum atomic E-state index is 0.112. The molecule has 3 nitrogen and oxygen atoms in total. The van der Waals surface area contributed by atoms with Crippen LogP contribution in [0.5, 0.6) is 0 Å². The lowest BCUT2D eigenvalue weighted by molar-refractivity contribution is 0.551. The molecule has 0 aliphatic heterocycles. The van der Waals surface area contributed by atoms with Crippen molar-refractivity contribution < 1.29 is 0 Å². The Morgan fingerprint density at radius 3 is 2.62 bits per heavy atom. The van der Waals surface area contributed by atoms with Crippen LogP contribution in [0.3, 0.4) is 0 Å². The largest absolute Gasteiger partial charge is 0.345 e. The van der Waals surface area contributed by atoms with Gasteiger partial charge in [0.05, 0.1) is 0 Å². The summed E-state index contributed by atoms with van der Waals surface area (Å²) in [7, 11) is 0. The Bertz CT molecular complexity index is 257. The summed E-state index contributed by atoms with van der Waals surface area (Å²) in [5, 5.41) is 0. The zero-order valence-electron chi connectivity index (χ0n) is 8.72. The number of hydrogen-bond donors (Lipinski definition) is 2. The minimum absolute atomic E-state index is 0.112. The van der Waals surface area contributed by atoms with Crippen LogP contribution in [0.2, 0.25) is 0 Å². The smallest absolute Gasteiger partial charge is 0.111 e. The van der Waals surface area contributed by atoms with E-state index in [9.17, 15) is 0 Å². The van der Waals surface area contributed by atoms with Gasteiger partial charge in [-0.05, 0) is 19.4 Å². The molecule has 1 aromatic rings. The summed E-state index contributed by atoms with van der Waals surface area (Å²) in [4.78, 5) is 7.67. The number of nitrogens with one attached hydrogen (secondary N) is 1. The van der Waals surface area contributed by atoms with E-state index in [1.165, 1.54) is 5.69 Å². The first-order valence-electron chi connectivity index (χ1n) is 4.78. The summed E-state index contributed by atoms with van der Waals surface area (Å²) < 4.78 is 0. The van der Waals surface area contributed by atoms with Crippen LogP contribution in [0.15, 0.2) is 6.20 Å². The molecule has 0 aliphatic rings. The summed E-state index contributed by atoms with van der Waals surface area (Å²) >= 11 is 0. The summed E-state index contributed by atoms with van der Waals surface area (Å²) in [6.07, 6.45) is 3.93. The van der Waals surface area contributed by atoms with Crippen LogP contribution in [-0.2, 0) is 11.8 Å². The van der Waals surface area contributed by atoms with Gasteiger partial charge < -0.3 is 10.7 Å². The van der Waals surface area contributed by atoms with Crippen LogP contribution in [0.4, 0.5) is 0 Å². The highest BCUT2D eigenvalue weighted by Gasteiger charge is 2.16. The fourth-order valence-electron chi connectivity index (χ4n) is 1.16. The van der Waals surface area contributed by atoms with Gasteiger partial charge in [0.15, 0.2) is 0 Å². The van der Waals surface area contributed by atoms with Crippen molar-refractivity contribution in [3.8, 4) is 0 Å². The van der Waals surface area contributed by atoms with Crippen molar-refractivity contribution in [1.29, 1.82) is 0 Å². The molecule has 3 heteroatoms. The summed E-state index contributed by atoms with van der Waals surface area (Å²) in [6, 6.07) is 0. The Labute approximate surface area is 79.8 Å². The topological polar surface area (TPSA) is 54.7 Å². The standard InChI is InChI=1S/C10H19N3/c1-10(2,3)9-12-7-8(13-9)5-4-6-11/h7H,4-6,11H2,1-3H3,(H,12,13). The predicted octanol–water partition coefficient (Wildman–Crippen LogP) is 1.60. The quantitative estimate of drug-likeness (QED) is 0.744. The van der Waals surface area contributed by atoms with Crippen LogP contribution in [0.1, 0.15) is 38.7 Å². The minimum Gasteiger partial charge on any atom is -0.345 e. The molecule has 0 amide bonds. The number of rotatable bonds is 3. The first-order chi connectivity index (χ1) is 6.04. The molecule has 0 radical (unpaired) electrons. The van der Waals surface area contributed by atoms with Gasteiger partial charge in [0.2, 0.25) is 0 Å². The highest BCUT2D eigenvalue weighted by atomic mass is 14.9. The lowest BCUT2D eigenvalue weighted by atomic mass is 9.96. The van der Waals surface area contributed by atoms with Crippen LogP contribution < -0.4 is 5.73 Å². The molecule has 0 fully saturated rings. The van der Waals surface area contributed by atoms with Crippen molar-refractivity contribution >= 4 is 0 Å². The molecule has 0 aliphatic carbocycles. The number of aryl methyl sites for hydroxylation is 1. The average Bonchev–Trinajstić information content (AvgIpc) is 2.47. The van der Waals surface area contributed by atoms with Crippen LogP contribution in [-0.4, -0.2) is 16.5 Å². The molecule has 0 unspecified atom stereocenters. The Balaban J connectivity index is 2.64. The molecule has 0 bridgehead atoms. The number of hydrogen-bond acceptors (Lipinski definition) is 2. The van der Waals surface area contributed by atoms with Gasteiger partial charge in [-0.3, -0.25) is 0 Å². The van der Waals surface area contributed by atoms with E-state index in [0.29, 0.717) is 0 Å². The van der Waals surface area contributed by atoms with Crippen molar-refractivity contribution in [2.75, 3.05) is 6.54 Å². The van der Waals surface area contributed by atoms with E-state index in [1.54, 1.807) is 0 Å². The molecule has 0 atom stereocenters. The second-order valence-electron chi connectivity index (χ2n) is 4.40. The molecule has 13 heavy (non-hydrogen) atoms. The van der Waals surface area contributed by atoms with Gasteiger partial charge in [-0.15, -0.1) is 0 Å². The number of nitrogens with two attached hydrogens (primary N) is 1. The van der Waals surface area contributed by atoms with Gasteiger partial charge >= 0.3 is 0 Å². The van der Waals surface area contributed by atoms with E-state index >= 15 is 0 Å². The van der Waals surface area contributed by atoms with E-state index in [2.05, 4.69) is 30.7 Å². The second-order valence-corrected chi connectivity index (χ2v) is 4.40. The monoisotopic (exact) mass is 181 g/mol. The number of imidazole rings is 1. The van der Waals surface area contributed by atoms with Gasteiger partial charge in [-0.2, -0.15) is 0 Å². The third kappa shape index (κ3) is 2.84. The molecule has 1 heterocycles. The van der Waals surface area contributed by atoms with E-state index < -0.39 is 0 Å². The van der Waals surface area contributed by atoms with Crippen molar-refractivity contribution in [3.05, 3.63) is 17.7 Å². The highest BCUT2D eigenvalue weighted by molar-refractivity contribution is 5.08. The average molecular weight is 181 g/mol. The first-order valence-corrected chi connectivity index (χ1v) is 4.78. The zero-order valence-corrected chi connectivity index (χ0v) is 8.72. The lowest BCUT2D eigenvalue weighted by Crippen LogP contribution is -2.13. The molecular weight excluding hydrogens is 162 g/mol. The number of nitrogens with zero attached hydrogens (tertiary/aromatic N) is 1. The van der Waals surface area contributed by atoms with Gasteiger partial charge in [0.1, 0.15) is 5.82 Å². The maximum Gasteiger partial charge on any atom is 0.111 e. The van der Waals surface area contributed by atoms with Crippen molar-refractivity contribution in [1.82, 2.24) is 9.97 Å². The van der Waals surface area contributed by atoms with Crippen molar-refractivity contribution in [3.63, 3.8) is 0 Å². The summed E-state index contributed by atoms with van der Waals surface area (Å²) in [6.45, 7) is 7.19. The lowest BCUT2D eigenvalue weighted by Gasteiger charge is -2.14. The zero-order chi connectivity index (χ0) is 9.90. The number of aromatic nitrogens is 2. The fourth-order valence-corrected chi connectivity index (χ4v) is 1.16. The molecule has 0 saturated heterocycles. The van der Waals surface area contributed by atoms with E-state index in [-0.39, 0.29) is 5.41 Å². The maximum absolute atomic E-state index is 5.43. The highest BCUT2D eigenvalue weighted by Crippen LogP contribution is 2.18. The summed E-state index contributed by atoms with van der Waals surface area (Å²) in [5.74, 6) is 1.06. The maximum atomic E-state index is 5.43.